The first-order chi connectivity index (χ1) is 10.4. The molecule has 5 nitrogen and oxygen atoms in total. The minimum absolute atomic E-state index is 0.0475. The van der Waals surface area contributed by atoms with Gasteiger partial charge in [0, 0.05) is 23.5 Å². The lowest BCUT2D eigenvalue weighted by molar-refractivity contribution is -0.116. The van der Waals surface area contributed by atoms with E-state index in [0.29, 0.717) is 5.69 Å². The molecule has 2 rings (SSSR count). The minimum atomic E-state index is -3.28. The Morgan fingerprint density at radius 1 is 1.32 bits per heavy atom. The van der Waals surface area contributed by atoms with E-state index in [2.05, 4.69) is 21.2 Å². The normalized spacial score (nSPS) is 16.1. The van der Waals surface area contributed by atoms with Crippen LogP contribution in [-0.4, -0.2) is 37.5 Å². The average molecular weight is 389 g/mol. The molecule has 0 spiro atoms. The Balaban J connectivity index is 1.94. The van der Waals surface area contributed by atoms with Gasteiger partial charge in [-0.2, -0.15) is 4.31 Å². The molecule has 1 aromatic rings. The fourth-order valence-corrected chi connectivity index (χ4v) is 4.36. The molecular formula is C15H21BrN2O3S. The fraction of sp³-hybridized carbons (Fsp3) is 0.533. The maximum Gasteiger partial charge on any atom is 0.225 e. The van der Waals surface area contributed by atoms with Crippen molar-refractivity contribution >= 4 is 37.5 Å². The van der Waals surface area contributed by atoms with Crippen molar-refractivity contribution in [2.24, 2.45) is 0 Å². The van der Waals surface area contributed by atoms with Crippen LogP contribution in [0.2, 0.25) is 0 Å². The molecule has 1 N–H and O–H groups in total. The summed E-state index contributed by atoms with van der Waals surface area (Å²) in [4.78, 5) is 12.1. The van der Waals surface area contributed by atoms with E-state index >= 15 is 0 Å². The third kappa shape index (κ3) is 4.79. The number of nitrogens with zero attached hydrogens (tertiary/aromatic N) is 1. The molecule has 0 bridgehead atoms. The van der Waals surface area contributed by atoms with Crippen molar-refractivity contribution < 1.29 is 13.2 Å². The lowest BCUT2D eigenvalue weighted by Crippen LogP contribution is -2.39. The van der Waals surface area contributed by atoms with Crippen molar-refractivity contribution in [3.8, 4) is 0 Å². The van der Waals surface area contributed by atoms with Gasteiger partial charge in [-0.05, 0) is 40.9 Å². The van der Waals surface area contributed by atoms with Crippen molar-refractivity contribution in [2.45, 2.75) is 38.1 Å². The monoisotopic (exact) mass is 388 g/mol. The highest BCUT2D eigenvalue weighted by molar-refractivity contribution is 9.10. The van der Waals surface area contributed by atoms with Gasteiger partial charge in [0.1, 0.15) is 0 Å². The maximum absolute atomic E-state index is 12.1. The van der Waals surface area contributed by atoms with Crippen molar-refractivity contribution in [1.82, 2.24) is 4.31 Å². The van der Waals surface area contributed by atoms with E-state index in [-0.39, 0.29) is 24.9 Å². The molecule has 0 aromatic heterocycles. The van der Waals surface area contributed by atoms with Crippen LogP contribution in [0.3, 0.4) is 0 Å². The molecule has 7 heteroatoms. The van der Waals surface area contributed by atoms with E-state index < -0.39 is 10.0 Å². The highest BCUT2D eigenvalue weighted by Gasteiger charge is 2.29. The molecule has 0 radical (unpaired) electrons. The number of nitrogens with one attached hydrogen (secondary N) is 1. The molecule has 0 saturated heterocycles. The average Bonchev–Trinajstić information content (AvgIpc) is 2.94. The third-order valence-corrected chi connectivity index (χ3v) is 5.89. The molecular weight excluding hydrogens is 368 g/mol. The van der Waals surface area contributed by atoms with Crippen LogP contribution < -0.4 is 5.32 Å². The van der Waals surface area contributed by atoms with Crippen molar-refractivity contribution in [2.75, 3.05) is 18.1 Å². The molecule has 1 amide bonds. The smallest absolute Gasteiger partial charge is 0.225 e. The fourth-order valence-electron chi connectivity index (χ4n) is 2.80. The summed E-state index contributed by atoms with van der Waals surface area (Å²) >= 11 is 3.37. The van der Waals surface area contributed by atoms with Gasteiger partial charge in [0.15, 0.2) is 0 Å². The van der Waals surface area contributed by atoms with Gasteiger partial charge in [-0.1, -0.05) is 25.0 Å². The Hall–Kier alpha value is -0.920. The van der Waals surface area contributed by atoms with Crippen LogP contribution in [0, 0.1) is 0 Å². The Morgan fingerprint density at radius 2 is 1.95 bits per heavy atom. The van der Waals surface area contributed by atoms with E-state index in [4.69, 9.17) is 0 Å². The molecule has 22 heavy (non-hydrogen) atoms. The first kappa shape index (κ1) is 17.4. The summed E-state index contributed by atoms with van der Waals surface area (Å²) in [6, 6.07) is 7.39. The Bertz CT molecular complexity index is 627. The summed E-state index contributed by atoms with van der Waals surface area (Å²) in [5, 5.41) is 2.80. The number of hydrogen-bond acceptors (Lipinski definition) is 3. The number of halogens is 1. The number of hydrogen-bond donors (Lipinski definition) is 1. The van der Waals surface area contributed by atoms with Gasteiger partial charge < -0.3 is 5.32 Å². The van der Waals surface area contributed by atoms with Gasteiger partial charge in [0.2, 0.25) is 15.9 Å². The van der Waals surface area contributed by atoms with Crippen LogP contribution in [0.4, 0.5) is 5.69 Å². The van der Waals surface area contributed by atoms with Crippen LogP contribution in [0.1, 0.15) is 32.1 Å². The molecule has 0 unspecified atom stereocenters. The Morgan fingerprint density at radius 3 is 2.55 bits per heavy atom. The van der Waals surface area contributed by atoms with Crippen LogP contribution in [0.15, 0.2) is 28.7 Å². The van der Waals surface area contributed by atoms with E-state index in [9.17, 15) is 13.2 Å². The number of amides is 1. The van der Waals surface area contributed by atoms with Gasteiger partial charge in [-0.15, -0.1) is 0 Å². The molecule has 0 aliphatic heterocycles. The highest BCUT2D eigenvalue weighted by Crippen LogP contribution is 2.26. The van der Waals surface area contributed by atoms with Crippen molar-refractivity contribution in [3.05, 3.63) is 28.7 Å². The molecule has 1 aliphatic rings. The number of carbonyl (C=O) groups excluding carboxylic acids is 1. The quantitative estimate of drug-likeness (QED) is 0.814. The van der Waals surface area contributed by atoms with E-state index in [1.807, 2.05) is 18.2 Å². The number of para-hydroxylation sites is 1. The van der Waals surface area contributed by atoms with Crippen molar-refractivity contribution in [1.29, 1.82) is 0 Å². The lowest BCUT2D eigenvalue weighted by atomic mass is 10.2. The zero-order valence-electron chi connectivity index (χ0n) is 12.6. The molecule has 1 fully saturated rings. The molecule has 1 aromatic carbocycles. The predicted octanol–water partition coefficient (Wildman–Crippen LogP) is 2.98. The zero-order valence-corrected chi connectivity index (χ0v) is 15.0. The first-order valence-electron chi connectivity index (χ1n) is 7.39. The van der Waals surface area contributed by atoms with Crippen LogP contribution in [0.5, 0.6) is 0 Å². The van der Waals surface area contributed by atoms with Crippen LogP contribution >= 0.6 is 15.9 Å². The summed E-state index contributed by atoms with van der Waals surface area (Å²) in [5.41, 5.74) is 0.694. The second-order valence-corrected chi connectivity index (χ2v) is 8.38. The molecule has 122 valence electrons. The summed E-state index contributed by atoms with van der Waals surface area (Å²) < 4.78 is 26.2. The minimum Gasteiger partial charge on any atom is -0.325 e. The number of benzene rings is 1. The molecule has 1 aliphatic carbocycles. The van der Waals surface area contributed by atoms with Gasteiger partial charge >= 0.3 is 0 Å². The van der Waals surface area contributed by atoms with E-state index in [0.717, 1.165) is 30.2 Å². The second kappa shape index (κ2) is 7.57. The Labute approximate surface area is 140 Å². The molecule has 1 saturated carbocycles. The van der Waals surface area contributed by atoms with E-state index in [1.165, 1.54) is 10.6 Å². The SMILES string of the molecule is CS(=O)(=O)N(CCC(=O)Nc1ccccc1Br)C1CCCC1. The largest absolute Gasteiger partial charge is 0.325 e. The van der Waals surface area contributed by atoms with Gasteiger partial charge in [0.25, 0.3) is 0 Å². The summed E-state index contributed by atoms with van der Waals surface area (Å²) in [7, 11) is -3.28. The van der Waals surface area contributed by atoms with Gasteiger partial charge in [0.05, 0.1) is 11.9 Å². The zero-order chi connectivity index (χ0) is 16.2. The number of anilines is 1. The highest BCUT2D eigenvalue weighted by atomic mass is 79.9. The van der Waals surface area contributed by atoms with E-state index in [1.54, 1.807) is 6.07 Å². The number of sulfonamides is 1. The van der Waals surface area contributed by atoms with Crippen LogP contribution in [0.25, 0.3) is 0 Å². The van der Waals surface area contributed by atoms with Gasteiger partial charge in [-0.3, -0.25) is 4.79 Å². The molecule has 0 heterocycles. The van der Waals surface area contributed by atoms with Crippen LogP contribution in [-0.2, 0) is 14.8 Å². The number of rotatable bonds is 6. The summed E-state index contributed by atoms with van der Waals surface area (Å²) in [5.74, 6) is -0.182. The van der Waals surface area contributed by atoms with Crippen molar-refractivity contribution in [3.63, 3.8) is 0 Å². The standard InChI is InChI=1S/C15H21BrN2O3S/c1-22(20,21)18(12-6-2-3-7-12)11-10-15(19)17-14-9-5-4-8-13(14)16/h4-5,8-9,12H,2-3,6-7,10-11H2,1H3,(H,17,19). The summed E-state index contributed by atoms with van der Waals surface area (Å²) in [6.07, 6.45) is 5.26. The van der Waals surface area contributed by atoms with Gasteiger partial charge in [-0.25, -0.2) is 8.42 Å². The second-order valence-electron chi connectivity index (χ2n) is 5.59. The molecule has 0 atom stereocenters. The lowest BCUT2D eigenvalue weighted by Gasteiger charge is -2.26. The first-order valence-corrected chi connectivity index (χ1v) is 10.0. The number of carbonyl (C=O) groups is 1. The summed E-state index contributed by atoms with van der Waals surface area (Å²) in [6.45, 7) is 0.236. The third-order valence-electron chi connectivity index (χ3n) is 3.87. The maximum atomic E-state index is 12.1. The predicted molar refractivity (Wildman–Crippen MR) is 91.2 cm³/mol. The Kier molecular flexibility index (Phi) is 6.00. The topological polar surface area (TPSA) is 66.5 Å².